The number of aromatic nitrogens is 3. The monoisotopic (exact) mass is 361 g/mol. The number of aryl methyl sites for hydroxylation is 2. The van der Waals surface area contributed by atoms with Gasteiger partial charge in [0.05, 0.1) is 5.69 Å². The second-order valence-corrected chi connectivity index (χ2v) is 6.95. The van der Waals surface area contributed by atoms with Gasteiger partial charge in [0.15, 0.2) is 0 Å². The van der Waals surface area contributed by atoms with Crippen molar-refractivity contribution in [2.45, 2.75) is 13.8 Å². The number of pyridine rings is 1. The maximum atomic E-state index is 12.1. The molecule has 0 radical (unpaired) electrons. The number of benzene rings is 1. The standard InChI is InChI=1S/C21H23N5O/c1-15-3-4-16(2)19(13-15)25-9-11-26(12-10-25)21-23-18(14-20(27)24-21)17-5-7-22-8-6-17/h3-8,13-14H,9-12H2,1-2H3,(H,23,24,27). The largest absolute Gasteiger partial charge is 0.368 e. The fraction of sp³-hybridized carbons (Fsp3) is 0.286. The van der Waals surface area contributed by atoms with E-state index in [0.29, 0.717) is 11.6 Å². The van der Waals surface area contributed by atoms with Gasteiger partial charge in [0.25, 0.3) is 5.56 Å². The molecule has 0 saturated carbocycles. The summed E-state index contributed by atoms with van der Waals surface area (Å²) >= 11 is 0. The zero-order chi connectivity index (χ0) is 18.8. The van der Waals surface area contributed by atoms with Crippen molar-refractivity contribution >= 4 is 11.6 Å². The first-order chi connectivity index (χ1) is 13.1. The molecule has 1 aromatic carbocycles. The molecular weight excluding hydrogens is 338 g/mol. The van der Waals surface area contributed by atoms with E-state index in [-0.39, 0.29) is 5.56 Å². The highest BCUT2D eigenvalue weighted by Crippen LogP contribution is 2.24. The van der Waals surface area contributed by atoms with Crippen LogP contribution < -0.4 is 15.4 Å². The minimum absolute atomic E-state index is 0.135. The number of piperazine rings is 1. The molecule has 1 aliphatic rings. The van der Waals surface area contributed by atoms with Gasteiger partial charge in [-0.3, -0.25) is 14.8 Å². The first-order valence-electron chi connectivity index (χ1n) is 9.19. The van der Waals surface area contributed by atoms with Gasteiger partial charge in [0, 0.05) is 55.9 Å². The number of anilines is 2. The van der Waals surface area contributed by atoms with Crippen LogP contribution in [-0.2, 0) is 0 Å². The molecule has 6 nitrogen and oxygen atoms in total. The first kappa shape index (κ1) is 17.3. The lowest BCUT2D eigenvalue weighted by molar-refractivity contribution is 0.638. The van der Waals surface area contributed by atoms with Gasteiger partial charge in [0.1, 0.15) is 0 Å². The van der Waals surface area contributed by atoms with Crippen molar-refractivity contribution < 1.29 is 0 Å². The molecule has 0 amide bonds. The smallest absolute Gasteiger partial charge is 0.252 e. The van der Waals surface area contributed by atoms with E-state index >= 15 is 0 Å². The zero-order valence-electron chi connectivity index (χ0n) is 15.6. The predicted molar refractivity (Wildman–Crippen MR) is 108 cm³/mol. The Morgan fingerprint density at radius 2 is 1.63 bits per heavy atom. The molecular formula is C21H23N5O. The number of aromatic amines is 1. The number of hydrogen-bond donors (Lipinski definition) is 1. The third-order valence-corrected chi connectivity index (χ3v) is 4.99. The number of nitrogens with one attached hydrogen (secondary N) is 1. The van der Waals surface area contributed by atoms with Crippen LogP contribution in [0.5, 0.6) is 0 Å². The minimum atomic E-state index is -0.135. The lowest BCUT2D eigenvalue weighted by Crippen LogP contribution is -2.47. The molecule has 1 N–H and O–H groups in total. The number of hydrogen-bond acceptors (Lipinski definition) is 5. The van der Waals surface area contributed by atoms with E-state index in [0.717, 1.165) is 31.7 Å². The van der Waals surface area contributed by atoms with Crippen LogP contribution in [0.25, 0.3) is 11.3 Å². The van der Waals surface area contributed by atoms with Crippen LogP contribution in [0.1, 0.15) is 11.1 Å². The quantitative estimate of drug-likeness (QED) is 0.777. The lowest BCUT2D eigenvalue weighted by Gasteiger charge is -2.37. The van der Waals surface area contributed by atoms with Crippen molar-refractivity contribution in [3.63, 3.8) is 0 Å². The Morgan fingerprint density at radius 3 is 2.37 bits per heavy atom. The molecule has 3 heterocycles. The molecule has 0 unspecified atom stereocenters. The Bertz CT molecular complexity index is 991. The molecule has 3 aromatic rings. The van der Waals surface area contributed by atoms with Crippen molar-refractivity contribution in [3.05, 3.63) is 70.3 Å². The summed E-state index contributed by atoms with van der Waals surface area (Å²) in [6.07, 6.45) is 3.42. The van der Waals surface area contributed by atoms with Crippen molar-refractivity contribution in [2.75, 3.05) is 36.0 Å². The summed E-state index contributed by atoms with van der Waals surface area (Å²) in [5.74, 6) is 0.634. The van der Waals surface area contributed by atoms with E-state index in [1.807, 2.05) is 12.1 Å². The Kier molecular flexibility index (Phi) is 4.62. The van der Waals surface area contributed by atoms with Gasteiger partial charge in [0.2, 0.25) is 5.95 Å². The van der Waals surface area contributed by atoms with Crippen LogP contribution in [-0.4, -0.2) is 41.1 Å². The predicted octanol–water partition coefficient (Wildman–Crippen LogP) is 2.78. The lowest BCUT2D eigenvalue weighted by atomic mass is 10.1. The van der Waals surface area contributed by atoms with Gasteiger partial charge < -0.3 is 9.80 Å². The maximum absolute atomic E-state index is 12.1. The third kappa shape index (κ3) is 3.69. The Hall–Kier alpha value is -3.15. The van der Waals surface area contributed by atoms with Gasteiger partial charge >= 0.3 is 0 Å². The minimum Gasteiger partial charge on any atom is -0.368 e. The molecule has 27 heavy (non-hydrogen) atoms. The van der Waals surface area contributed by atoms with Gasteiger partial charge in [-0.15, -0.1) is 0 Å². The molecule has 1 fully saturated rings. The second kappa shape index (κ2) is 7.23. The van der Waals surface area contributed by atoms with Crippen LogP contribution in [0.4, 0.5) is 11.6 Å². The average Bonchev–Trinajstić information content (AvgIpc) is 2.70. The molecule has 0 bridgehead atoms. The number of H-pyrrole nitrogens is 1. The molecule has 1 aliphatic heterocycles. The van der Waals surface area contributed by atoms with Crippen LogP contribution in [0.15, 0.2) is 53.6 Å². The molecule has 138 valence electrons. The van der Waals surface area contributed by atoms with Gasteiger partial charge in [-0.25, -0.2) is 4.98 Å². The maximum Gasteiger partial charge on any atom is 0.252 e. The fourth-order valence-electron chi connectivity index (χ4n) is 3.48. The molecule has 2 aromatic heterocycles. The molecule has 0 spiro atoms. The van der Waals surface area contributed by atoms with E-state index < -0.39 is 0 Å². The summed E-state index contributed by atoms with van der Waals surface area (Å²) in [5, 5.41) is 0. The Labute approximate surface area is 158 Å². The molecule has 1 saturated heterocycles. The van der Waals surface area contributed by atoms with E-state index in [1.165, 1.54) is 22.9 Å². The van der Waals surface area contributed by atoms with Gasteiger partial charge in [-0.1, -0.05) is 12.1 Å². The van der Waals surface area contributed by atoms with Crippen LogP contribution >= 0.6 is 0 Å². The van der Waals surface area contributed by atoms with Crippen molar-refractivity contribution in [2.24, 2.45) is 0 Å². The molecule has 0 aliphatic carbocycles. The SMILES string of the molecule is Cc1ccc(C)c(N2CCN(c3nc(-c4ccncc4)cc(=O)[nH]3)CC2)c1. The topological polar surface area (TPSA) is 65.1 Å². The summed E-state index contributed by atoms with van der Waals surface area (Å²) in [7, 11) is 0. The van der Waals surface area contributed by atoms with E-state index in [4.69, 9.17) is 0 Å². The molecule has 4 rings (SSSR count). The van der Waals surface area contributed by atoms with Gasteiger partial charge in [-0.2, -0.15) is 0 Å². The van der Waals surface area contributed by atoms with Crippen LogP contribution in [0.3, 0.4) is 0 Å². The van der Waals surface area contributed by atoms with Crippen LogP contribution in [0, 0.1) is 13.8 Å². The normalized spacial score (nSPS) is 14.4. The summed E-state index contributed by atoms with van der Waals surface area (Å²) in [5.41, 5.74) is 5.29. The summed E-state index contributed by atoms with van der Waals surface area (Å²) in [4.78, 5) is 28.3. The number of rotatable bonds is 3. The number of nitrogens with zero attached hydrogens (tertiary/aromatic N) is 4. The highest BCUT2D eigenvalue weighted by Gasteiger charge is 2.20. The average molecular weight is 361 g/mol. The van der Waals surface area contributed by atoms with E-state index in [9.17, 15) is 4.79 Å². The fourth-order valence-corrected chi connectivity index (χ4v) is 3.48. The van der Waals surface area contributed by atoms with E-state index in [2.05, 4.69) is 56.8 Å². The van der Waals surface area contributed by atoms with E-state index in [1.54, 1.807) is 12.4 Å². The summed E-state index contributed by atoms with van der Waals surface area (Å²) in [6.45, 7) is 7.70. The Morgan fingerprint density at radius 1 is 0.926 bits per heavy atom. The molecule has 0 atom stereocenters. The highest BCUT2D eigenvalue weighted by atomic mass is 16.1. The van der Waals surface area contributed by atoms with Crippen molar-refractivity contribution in [1.29, 1.82) is 0 Å². The Balaban J connectivity index is 1.54. The van der Waals surface area contributed by atoms with Crippen LogP contribution in [0.2, 0.25) is 0 Å². The summed E-state index contributed by atoms with van der Waals surface area (Å²) < 4.78 is 0. The highest BCUT2D eigenvalue weighted by molar-refractivity contribution is 5.60. The van der Waals surface area contributed by atoms with Crippen molar-refractivity contribution in [3.8, 4) is 11.3 Å². The van der Waals surface area contributed by atoms with Crippen molar-refractivity contribution in [1.82, 2.24) is 15.0 Å². The first-order valence-corrected chi connectivity index (χ1v) is 9.19. The summed E-state index contributed by atoms with van der Waals surface area (Å²) in [6, 6.07) is 11.8. The van der Waals surface area contributed by atoms with Gasteiger partial charge in [-0.05, 0) is 43.2 Å². The second-order valence-electron chi connectivity index (χ2n) is 6.95. The zero-order valence-corrected chi connectivity index (χ0v) is 15.6. The molecule has 6 heteroatoms. The third-order valence-electron chi connectivity index (χ3n) is 4.99.